The van der Waals surface area contributed by atoms with E-state index in [1.54, 1.807) is 24.3 Å². The molecule has 0 bridgehead atoms. The zero-order valence-electron chi connectivity index (χ0n) is 16.7. The van der Waals surface area contributed by atoms with Crippen LogP contribution >= 0.6 is 11.3 Å². The fourth-order valence-electron chi connectivity index (χ4n) is 4.02. The van der Waals surface area contributed by atoms with Crippen LogP contribution in [-0.4, -0.2) is 44.6 Å². The van der Waals surface area contributed by atoms with E-state index in [1.165, 1.54) is 22.1 Å². The highest BCUT2D eigenvalue weighted by Gasteiger charge is 2.48. The second-order valence-corrected chi connectivity index (χ2v) is 8.57. The third-order valence-electron chi connectivity index (χ3n) is 5.62. The Hall–Kier alpha value is -3.72. The van der Waals surface area contributed by atoms with Crippen LogP contribution in [0.25, 0.3) is 10.1 Å². The first-order valence-corrected chi connectivity index (χ1v) is 10.6. The molecule has 1 saturated heterocycles. The van der Waals surface area contributed by atoms with Crippen molar-refractivity contribution in [2.75, 3.05) is 13.1 Å². The van der Waals surface area contributed by atoms with Gasteiger partial charge in [0.25, 0.3) is 17.4 Å². The molecule has 1 fully saturated rings. The Morgan fingerprint density at radius 3 is 2.65 bits per heavy atom. The number of rotatable bonds is 4. The van der Waals surface area contributed by atoms with Gasteiger partial charge in [-0.1, -0.05) is 30.3 Å². The summed E-state index contributed by atoms with van der Waals surface area (Å²) in [6, 6.07) is 12.8. The fraction of sp³-hybridized carbons (Fsp3) is 0.182. The van der Waals surface area contributed by atoms with Crippen molar-refractivity contribution in [2.45, 2.75) is 5.54 Å². The van der Waals surface area contributed by atoms with Crippen LogP contribution in [0.1, 0.15) is 26.4 Å². The van der Waals surface area contributed by atoms with Gasteiger partial charge < -0.3 is 10.2 Å². The van der Waals surface area contributed by atoms with E-state index in [-0.39, 0.29) is 23.1 Å². The van der Waals surface area contributed by atoms with Gasteiger partial charge in [0.05, 0.1) is 23.4 Å². The SMILES string of the molecule is Cn1[nH]c(=O)cc1C(=O)N1CC(NC(=O)c2cncc3ccsc23)(c2ccccc2)C1. The first-order chi connectivity index (χ1) is 15.0. The van der Waals surface area contributed by atoms with Gasteiger partial charge in [-0.25, -0.2) is 0 Å². The molecule has 4 heterocycles. The van der Waals surface area contributed by atoms with Crippen LogP contribution in [-0.2, 0) is 12.6 Å². The monoisotopic (exact) mass is 433 g/mol. The van der Waals surface area contributed by atoms with Gasteiger partial charge in [-0.2, -0.15) is 0 Å². The lowest BCUT2D eigenvalue weighted by molar-refractivity contribution is 0.0253. The summed E-state index contributed by atoms with van der Waals surface area (Å²) in [4.78, 5) is 43.5. The highest BCUT2D eigenvalue weighted by molar-refractivity contribution is 7.17. The highest BCUT2D eigenvalue weighted by Crippen LogP contribution is 2.34. The van der Waals surface area contributed by atoms with E-state index in [9.17, 15) is 14.4 Å². The minimum atomic E-state index is -0.720. The summed E-state index contributed by atoms with van der Waals surface area (Å²) in [5.74, 6) is -0.491. The molecule has 9 heteroatoms. The van der Waals surface area contributed by atoms with E-state index in [2.05, 4.69) is 15.4 Å². The van der Waals surface area contributed by atoms with Crippen molar-refractivity contribution in [1.82, 2.24) is 25.0 Å². The second-order valence-electron chi connectivity index (χ2n) is 7.65. The number of likely N-dealkylation sites (tertiary alicyclic amines) is 1. The standard InChI is InChI=1S/C22H19N5O3S/c1-26-17(9-18(28)25-26)21(30)27-12-22(13-27,15-5-3-2-4-6-15)24-20(29)16-11-23-10-14-7-8-31-19(14)16/h2-11H,12-13H2,1H3,(H,24,29)(H,25,28). The zero-order chi connectivity index (χ0) is 21.6. The predicted octanol–water partition coefficient (Wildman–Crippen LogP) is 2.10. The van der Waals surface area contributed by atoms with Gasteiger partial charge in [0, 0.05) is 30.9 Å². The number of pyridine rings is 1. The molecule has 4 aromatic rings. The summed E-state index contributed by atoms with van der Waals surface area (Å²) in [6.07, 6.45) is 3.31. The van der Waals surface area contributed by atoms with Gasteiger partial charge >= 0.3 is 0 Å². The number of benzene rings is 1. The van der Waals surface area contributed by atoms with Crippen molar-refractivity contribution in [3.05, 3.63) is 87.4 Å². The maximum absolute atomic E-state index is 13.2. The Balaban J connectivity index is 1.45. The van der Waals surface area contributed by atoms with Crippen LogP contribution in [0.5, 0.6) is 0 Å². The van der Waals surface area contributed by atoms with Gasteiger partial charge in [0.2, 0.25) is 0 Å². The molecule has 0 saturated carbocycles. The number of aromatic amines is 1. The summed E-state index contributed by atoms with van der Waals surface area (Å²) < 4.78 is 2.29. The number of nitrogens with one attached hydrogen (secondary N) is 2. The first kappa shape index (κ1) is 19.3. The molecule has 0 unspecified atom stereocenters. The molecule has 8 nitrogen and oxygen atoms in total. The van der Waals surface area contributed by atoms with E-state index < -0.39 is 5.54 Å². The molecule has 1 aliphatic rings. The number of carbonyl (C=O) groups is 2. The molecule has 5 rings (SSSR count). The van der Waals surface area contributed by atoms with Gasteiger partial charge in [-0.05, 0) is 17.0 Å². The maximum Gasteiger partial charge on any atom is 0.272 e. The number of nitrogens with zero attached hydrogens (tertiary/aromatic N) is 3. The lowest BCUT2D eigenvalue weighted by Crippen LogP contribution is -2.69. The molecular formula is C22H19N5O3S. The normalized spacial score (nSPS) is 14.9. The summed E-state index contributed by atoms with van der Waals surface area (Å²) in [5.41, 5.74) is 0.668. The van der Waals surface area contributed by atoms with E-state index in [4.69, 9.17) is 0 Å². The van der Waals surface area contributed by atoms with Gasteiger partial charge in [0.1, 0.15) is 11.2 Å². The summed E-state index contributed by atoms with van der Waals surface area (Å²) in [7, 11) is 1.62. The zero-order valence-corrected chi connectivity index (χ0v) is 17.5. The summed E-state index contributed by atoms with van der Waals surface area (Å²) in [5, 5.41) is 8.56. The van der Waals surface area contributed by atoms with Crippen LogP contribution in [0, 0.1) is 0 Å². The second kappa shape index (κ2) is 7.21. The van der Waals surface area contributed by atoms with Gasteiger partial charge in [-0.15, -0.1) is 11.3 Å². The van der Waals surface area contributed by atoms with Crippen molar-refractivity contribution in [2.24, 2.45) is 7.05 Å². The highest BCUT2D eigenvalue weighted by atomic mass is 32.1. The summed E-state index contributed by atoms with van der Waals surface area (Å²) in [6.45, 7) is 0.601. The number of H-pyrrole nitrogens is 1. The number of amides is 2. The maximum atomic E-state index is 13.2. The fourth-order valence-corrected chi connectivity index (χ4v) is 4.90. The number of fused-ring (bicyclic) bond motifs is 1. The van der Waals surface area contributed by atoms with Crippen molar-refractivity contribution in [3.8, 4) is 0 Å². The molecule has 156 valence electrons. The number of aryl methyl sites for hydroxylation is 1. The molecule has 2 N–H and O–H groups in total. The molecular weight excluding hydrogens is 414 g/mol. The van der Waals surface area contributed by atoms with Crippen molar-refractivity contribution in [3.63, 3.8) is 0 Å². The quantitative estimate of drug-likeness (QED) is 0.515. The largest absolute Gasteiger partial charge is 0.339 e. The third kappa shape index (κ3) is 3.23. The van der Waals surface area contributed by atoms with E-state index in [1.807, 2.05) is 41.8 Å². The van der Waals surface area contributed by atoms with Crippen LogP contribution in [0.3, 0.4) is 0 Å². The Morgan fingerprint density at radius 1 is 1.16 bits per heavy atom. The van der Waals surface area contributed by atoms with Crippen LogP contribution < -0.4 is 10.9 Å². The topological polar surface area (TPSA) is 100 Å². The van der Waals surface area contributed by atoms with E-state index >= 15 is 0 Å². The van der Waals surface area contributed by atoms with Crippen LogP contribution in [0.15, 0.2) is 65.0 Å². The predicted molar refractivity (Wildman–Crippen MR) is 117 cm³/mol. The average Bonchev–Trinajstić information content (AvgIpc) is 3.36. The van der Waals surface area contributed by atoms with Crippen LogP contribution in [0.2, 0.25) is 0 Å². The van der Waals surface area contributed by atoms with Gasteiger partial charge in [0.15, 0.2) is 0 Å². The molecule has 1 aliphatic heterocycles. The van der Waals surface area contributed by atoms with Crippen LogP contribution in [0.4, 0.5) is 0 Å². The molecule has 0 spiro atoms. The van der Waals surface area contributed by atoms with Crippen molar-refractivity contribution >= 4 is 33.2 Å². The lowest BCUT2D eigenvalue weighted by atomic mass is 9.81. The van der Waals surface area contributed by atoms with Crippen molar-refractivity contribution < 1.29 is 9.59 Å². The Labute approximate surface area is 181 Å². The molecule has 3 aromatic heterocycles. The average molecular weight is 433 g/mol. The number of aromatic nitrogens is 3. The number of hydrogen-bond donors (Lipinski definition) is 2. The van der Waals surface area contributed by atoms with E-state index in [0.717, 1.165) is 15.6 Å². The first-order valence-electron chi connectivity index (χ1n) is 9.71. The lowest BCUT2D eigenvalue weighted by Gasteiger charge is -2.50. The molecule has 31 heavy (non-hydrogen) atoms. The minimum Gasteiger partial charge on any atom is -0.339 e. The molecule has 0 atom stereocenters. The Kier molecular flexibility index (Phi) is 4.48. The smallest absolute Gasteiger partial charge is 0.272 e. The molecule has 2 amide bonds. The summed E-state index contributed by atoms with van der Waals surface area (Å²) >= 11 is 1.50. The third-order valence-corrected chi connectivity index (χ3v) is 6.58. The minimum absolute atomic E-state index is 0.231. The van der Waals surface area contributed by atoms with Gasteiger partial charge in [-0.3, -0.25) is 29.1 Å². The molecule has 0 aliphatic carbocycles. The number of thiophene rings is 1. The molecule has 1 aromatic carbocycles. The van der Waals surface area contributed by atoms with E-state index in [0.29, 0.717) is 18.7 Å². The van der Waals surface area contributed by atoms with Crippen molar-refractivity contribution in [1.29, 1.82) is 0 Å². The Morgan fingerprint density at radius 2 is 1.94 bits per heavy atom. The number of hydrogen-bond acceptors (Lipinski definition) is 5. The molecule has 0 radical (unpaired) electrons. The Bertz CT molecular complexity index is 1350. The number of carbonyl (C=O) groups excluding carboxylic acids is 2.